The molecule has 1 aliphatic carbocycles. The summed E-state index contributed by atoms with van der Waals surface area (Å²) in [5.74, 6) is -0.673. The Bertz CT molecular complexity index is 326. The molecule has 5 heteroatoms. The van der Waals surface area contributed by atoms with Crippen molar-refractivity contribution in [3.05, 3.63) is 12.2 Å². The average molecular weight is 254 g/mol. The molecule has 0 radical (unpaired) electrons. The summed E-state index contributed by atoms with van der Waals surface area (Å²) >= 11 is 0. The van der Waals surface area contributed by atoms with Crippen LogP contribution in [0.1, 0.15) is 33.1 Å². The van der Waals surface area contributed by atoms with Crippen LogP contribution >= 0.6 is 0 Å². The first-order chi connectivity index (χ1) is 8.49. The highest BCUT2D eigenvalue weighted by Crippen LogP contribution is 2.17. The molecule has 0 aromatic heterocycles. The molecular weight excluding hydrogens is 232 g/mol. The van der Waals surface area contributed by atoms with Crippen LogP contribution in [0.25, 0.3) is 0 Å². The Kier molecular flexibility index (Phi) is 5.68. The van der Waals surface area contributed by atoms with Gasteiger partial charge >= 0.3 is 12.0 Å². The van der Waals surface area contributed by atoms with E-state index < -0.39 is 11.9 Å². The second kappa shape index (κ2) is 7.03. The van der Waals surface area contributed by atoms with Crippen LogP contribution in [-0.2, 0) is 4.79 Å². The fourth-order valence-electron chi connectivity index (χ4n) is 1.92. The number of carboxylic acid groups (broad SMARTS) is 1. The summed E-state index contributed by atoms with van der Waals surface area (Å²) in [5, 5.41) is 14.3. The molecule has 0 aliphatic heterocycles. The molecule has 18 heavy (non-hydrogen) atoms. The van der Waals surface area contributed by atoms with Crippen LogP contribution < -0.4 is 10.6 Å². The topological polar surface area (TPSA) is 78.4 Å². The van der Waals surface area contributed by atoms with E-state index in [1.165, 1.54) is 0 Å². The SMILES string of the molecule is CC(C)CCCNC(=O)NC1C=CC(C(=O)O)C1. The van der Waals surface area contributed by atoms with Gasteiger partial charge in [0.2, 0.25) is 0 Å². The van der Waals surface area contributed by atoms with Gasteiger partial charge in [0.1, 0.15) is 0 Å². The Morgan fingerprint density at radius 1 is 1.39 bits per heavy atom. The van der Waals surface area contributed by atoms with Crippen LogP contribution in [0.3, 0.4) is 0 Å². The quantitative estimate of drug-likeness (QED) is 0.499. The molecular formula is C13H22N2O3. The number of carbonyl (C=O) groups is 2. The van der Waals surface area contributed by atoms with Gasteiger partial charge in [-0.05, 0) is 25.2 Å². The van der Waals surface area contributed by atoms with Gasteiger partial charge in [-0.15, -0.1) is 0 Å². The molecule has 0 aromatic carbocycles. The lowest BCUT2D eigenvalue weighted by molar-refractivity contribution is -0.140. The van der Waals surface area contributed by atoms with Gasteiger partial charge in [-0.2, -0.15) is 0 Å². The van der Waals surface area contributed by atoms with Crippen molar-refractivity contribution in [2.75, 3.05) is 6.54 Å². The van der Waals surface area contributed by atoms with E-state index in [0.717, 1.165) is 12.8 Å². The van der Waals surface area contributed by atoms with E-state index in [0.29, 0.717) is 18.9 Å². The van der Waals surface area contributed by atoms with Crippen LogP contribution in [-0.4, -0.2) is 29.7 Å². The fourth-order valence-corrected chi connectivity index (χ4v) is 1.92. The maximum Gasteiger partial charge on any atom is 0.315 e. The zero-order chi connectivity index (χ0) is 13.5. The number of hydrogen-bond donors (Lipinski definition) is 3. The molecule has 0 spiro atoms. The van der Waals surface area contributed by atoms with Crippen LogP contribution in [0.2, 0.25) is 0 Å². The van der Waals surface area contributed by atoms with Gasteiger partial charge in [0.05, 0.1) is 12.0 Å². The zero-order valence-electron chi connectivity index (χ0n) is 11.0. The minimum Gasteiger partial charge on any atom is -0.481 e. The highest BCUT2D eigenvalue weighted by molar-refractivity contribution is 5.76. The Morgan fingerprint density at radius 3 is 2.67 bits per heavy atom. The molecule has 0 bridgehead atoms. The van der Waals surface area contributed by atoms with E-state index in [2.05, 4.69) is 24.5 Å². The minimum atomic E-state index is -0.840. The molecule has 2 unspecified atom stereocenters. The third-order valence-corrected chi connectivity index (χ3v) is 2.96. The lowest BCUT2D eigenvalue weighted by Gasteiger charge is -2.13. The summed E-state index contributed by atoms with van der Waals surface area (Å²) in [6, 6.07) is -0.393. The molecule has 0 aromatic rings. The van der Waals surface area contributed by atoms with Crippen LogP contribution in [0.15, 0.2) is 12.2 Å². The van der Waals surface area contributed by atoms with Crippen molar-refractivity contribution in [3.8, 4) is 0 Å². The summed E-state index contributed by atoms with van der Waals surface area (Å²) in [6.07, 6.45) is 5.86. The van der Waals surface area contributed by atoms with E-state index in [-0.39, 0.29) is 12.1 Å². The molecule has 5 nitrogen and oxygen atoms in total. The van der Waals surface area contributed by atoms with Crippen molar-refractivity contribution in [1.82, 2.24) is 10.6 Å². The predicted molar refractivity (Wildman–Crippen MR) is 69.3 cm³/mol. The summed E-state index contributed by atoms with van der Waals surface area (Å²) in [4.78, 5) is 22.2. The summed E-state index contributed by atoms with van der Waals surface area (Å²) in [5.41, 5.74) is 0. The number of carbonyl (C=O) groups excluding carboxylic acids is 1. The average Bonchev–Trinajstić information content (AvgIpc) is 2.72. The van der Waals surface area contributed by atoms with Gasteiger partial charge in [-0.1, -0.05) is 26.0 Å². The largest absolute Gasteiger partial charge is 0.481 e. The monoisotopic (exact) mass is 254 g/mol. The molecule has 3 N–H and O–H groups in total. The second-order valence-corrected chi connectivity index (χ2v) is 5.11. The van der Waals surface area contributed by atoms with Gasteiger partial charge in [0.15, 0.2) is 0 Å². The molecule has 1 aliphatic rings. The van der Waals surface area contributed by atoms with Crippen molar-refractivity contribution in [2.24, 2.45) is 11.8 Å². The maximum atomic E-state index is 11.5. The predicted octanol–water partition coefficient (Wildman–Crippen LogP) is 1.75. The van der Waals surface area contributed by atoms with Gasteiger partial charge in [-0.25, -0.2) is 4.79 Å². The molecule has 0 fully saturated rings. The van der Waals surface area contributed by atoms with Crippen LogP contribution in [0.4, 0.5) is 4.79 Å². The van der Waals surface area contributed by atoms with E-state index in [9.17, 15) is 9.59 Å². The summed E-state index contributed by atoms with van der Waals surface area (Å²) < 4.78 is 0. The molecule has 2 atom stereocenters. The summed E-state index contributed by atoms with van der Waals surface area (Å²) in [7, 11) is 0. The normalized spacial score (nSPS) is 22.2. The van der Waals surface area contributed by atoms with Crippen molar-refractivity contribution >= 4 is 12.0 Å². The highest BCUT2D eigenvalue weighted by atomic mass is 16.4. The maximum absolute atomic E-state index is 11.5. The molecule has 0 saturated heterocycles. The lowest BCUT2D eigenvalue weighted by atomic mass is 10.1. The van der Waals surface area contributed by atoms with Crippen molar-refractivity contribution in [1.29, 1.82) is 0 Å². The van der Waals surface area contributed by atoms with Gasteiger partial charge < -0.3 is 15.7 Å². The number of rotatable bonds is 6. The van der Waals surface area contributed by atoms with E-state index in [1.807, 2.05) is 0 Å². The van der Waals surface area contributed by atoms with Gasteiger partial charge in [0, 0.05) is 6.54 Å². The number of amides is 2. The molecule has 0 heterocycles. The van der Waals surface area contributed by atoms with Gasteiger partial charge in [0.25, 0.3) is 0 Å². The first-order valence-corrected chi connectivity index (χ1v) is 6.44. The first-order valence-electron chi connectivity index (χ1n) is 6.44. The lowest BCUT2D eigenvalue weighted by Crippen LogP contribution is -2.41. The minimum absolute atomic E-state index is 0.170. The molecule has 0 saturated carbocycles. The van der Waals surface area contributed by atoms with E-state index in [4.69, 9.17) is 5.11 Å². The second-order valence-electron chi connectivity index (χ2n) is 5.11. The first kappa shape index (κ1) is 14.5. The van der Waals surface area contributed by atoms with E-state index in [1.54, 1.807) is 12.2 Å². The van der Waals surface area contributed by atoms with Crippen molar-refractivity contribution < 1.29 is 14.7 Å². The van der Waals surface area contributed by atoms with Crippen molar-refractivity contribution in [3.63, 3.8) is 0 Å². The third kappa shape index (κ3) is 5.21. The van der Waals surface area contributed by atoms with E-state index >= 15 is 0 Å². The van der Waals surface area contributed by atoms with Crippen LogP contribution in [0.5, 0.6) is 0 Å². The molecule has 2 amide bonds. The Balaban J connectivity index is 2.14. The number of aliphatic carboxylic acids is 1. The number of nitrogens with one attached hydrogen (secondary N) is 2. The van der Waals surface area contributed by atoms with Crippen LogP contribution in [0, 0.1) is 11.8 Å². The summed E-state index contributed by atoms with van der Waals surface area (Å²) in [6.45, 7) is 4.95. The van der Waals surface area contributed by atoms with Gasteiger partial charge in [-0.3, -0.25) is 4.79 Å². The Hall–Kier alpha value is -1.52. The number of urea groups is 1. The highest BCUT2D eigenvalue weighted by Gasteiger charge is 2.25. The smallest absolute Gasteiger partial charge is 0.315 e. The fraction of sp³-hybridized carbons (Fsp3) is 0.692. The Labute approximate surface area is 108 Å². The standard InChI is InChI=1S/C13H22N2O3/c1-9(2)4-3-7-14-13(18)15-11-6-5-10(8-11)12(16)17/h5-6,9-11H,3-4,7-8H2,1-2H3,(H,16,17)(H2,14,15,18). The van der Waals surface area contributed by atoms with Crippen molar-refractivity contribution in [2.45, 2.75) is 39.2 Å². The third-order valence-electron chi connectivity index (χ3n) is 2.96. The number of carboxylic acids is 1. The number of hydrogen-bond acceptors (Lipinski definition) is 2. The Morgan fingerprint density at radius 2 is 2.11 bits per heavy atom. The zero-order valence-corrected chi connectivity index (χ0v) is 11.0. The molecule has 1 rings (SSSR count). The molecule has 102 valence electrons.